The van der Waals surface area contributed by atoms with E-state index in [1.165, 1.54) is 24.3 Å². The van der Waals surface area contributed by atoms with Gasteiger partial charge in [0.2, 0.25) is 0 Å². The van der Waals surface area contributed by atoms with Crippen LogP contribution in [0.4, 0.5) is 4.39 Å². The Bertz CT molecular complexity index is 405. The summed E-state index contributed by atoms with van der Waals surface area (Å²) in [6.45, 7) is 3.71. The number of carbonyl (C=O) groups excluding carboxylic acids is 1. The van der Waals surface area contributed by atoms with E-state index in [1.54, 1.807) is 6.92 Å². The van der Waals surface area contributed by atoms with Crippen molar-refractivity contribution in [3.63, 3.8) is 0 Å². The van der Waals surface area contributed by atoms with Gasteiger partial charge in [-0.1, -0.05) is 26.0 Å². The van der Waals surface area contributed by atoms with Crippen molar-refractivity contribution < 1.29 is 9.18 Å². The zero-order valence-corrected chi connectivity index (χ0v) is 9.40. The molecule has 0 saturated heterocycles. The molecule has 0 aromatic heterocycles. The summed E-state index contributed by atoms with van der Waals surface area (Å²) < 4.78 is 12.7. The maximum Gasteiger partial charge on any atom is 0.157 e. The van der Waals surface area contributed by atoms with Gasteiger partial charge in [-0.25, -0.2) is 4.39 Å². The Kier molecular flexibility index (Phi) is 4.19. The lowest BCUT2D eigenvalue weighted by Gasteiger charge is -2.12. The summed E-state index contributed by atoms with van der Waals surface area (Å²) in [4.78, 5) is 11.9. The van der Waals surface area contributed by atoms with Crippen LogP contribution in [0.2, 0.25) is 0 Å². The molecule has 0 aliphatic carbocycles. The van der Waals surface area contributed by atoms with E-state index in [-0.39, 0.29) is 17.5 Å². The predicted octanol–water partition coefficient (Wildman–Crippen LogP) is 3.05. The van der Waals surface area contributed by atoms with Crippen molar-refractivity contribution in [1.82, 2.24) is 0 Å². The number of halogens is 1. The third kappa shape index (κ3) is 2.66. The zero-order chi connectivity index (χ0) is 12.1. The number of carbonyl (C=O) groups is 1. The number of hydrogen-bond donors (Lipinski definition) is 0. The van der Waals surface area contributed by atoms with Gasteiger partial charge in [-0.3, -0.25) is 4.79 Å². The number of Topliss-reactive ketones (excluding diaryl/α,β-unsaturated/α-hetero) is 1. The molecular weight excluding hydrogens is 205 g/mol. The molecule has 2 unspecified atom stereocenters. The largest absolute Gasteiger partial charge is 0.298 e. The number of hydrogen-bond acceptors (Lipinski definition) is 2. The van der Waals surface area contributed by atoms with Crippen LogP contribution in [0, 0.1) is 23.1 Å². The Hall–Kier alpha value is -1.69. The van der Waals surface area contributed by atoms with E-state index in [9.17, 15) is 9.18 Å². The normalized spacial score (nSPS) is 13.9. The second-order valence-corrected chi connectivity index (χ2v) is 3.83. The first-order valence-corrected chi connectivity index (χ1v) is 5.29. The fourth-order valence-electron chi connectivity index (χ4n) is 1.44. The Balaban J connectivity index is 2.96. The number of nitrogens with zero attached hydrogens (tertiary/aromatic N) is 1. The van der Waals surface area contributed by atoms with Gasteiger partial charge < -0.3 is 0 Å². The Labute approximate surface area is 94.7 Å². The Morgan fingerprint density at radius 2 is 2.00 bits per heavy atom. The van der Waals surface area contributed by atoms with Crippen molar-refractivity contribution >= 4 is 5.78 Å². The molecule has 0 radical (unpaired) electrons. The van der Waals surface area contributed by atoms with Crippen LogP contribution in [0.25, 0.3) is 0 Å². The van der Waals surface area contributed by atoms with E-state index < -0.39 is 5.92 Å². The Morgan fingerprint density at radius 1 is 1.44 bits per heavy atom. The van der Waals surface area contributed by atoms with Gasteiger partial charge in [0.15, 0.2) is 5.78 Å². The third-order valence-electron chi connectivity index (χ3n) is 2.72. The summed E-state index contributed by atoms with van der Waals surface area (Å²) in [5.74, 6) is -1.39. The van der Waals surface area contributed by atoms with E-state index in [1.807, 2.05) is 13.0 Å². The van der Waals surface area contributed by atoms with E-state index in [4.69, 9.17) is 5.26 Å². The Morgan fingerprint density at radius 3 is 2.44 bits per heavy atom. The molecule has 0 N–H and O–H groups in total. The summed E-state index contributed by atoms with van der Waals surface area (Å²) >= 11 is 0. The molecule has 0 heterocycles. The number of rotatable bonds is 4. The minimum atomic E-state index is -0.782. The molecule has 0 saturated carbocycles. The molecule has 84 valence electrons. The predicted molar refractivity (Wildman–Crippen MR) is 59.2 cm³/mol. The average molecular weight is 219 g/mol. The molecule has 0 amide bonds. The first-order chi connectivity index (χ1) is 7.60. The number of nitriles is 1. The molecule has 0 aliphatic heterocycles. The van der Waals surface area contributed by atoms with E-state index >= 15 is 0 Å². The standard InChI is InChI=1S/C13H14FNO/c1-3-9(2)13(16)12(8-15)10-4-6-11(14)7-5-10/h4-7,9,12H,3H2,1-2H3. The highest BCUT2D eigenvalue weighted by molar-refractivity contribution is 5.90. The summed E-state index contributed by atoms with van der Waals surface area (Å²) in [7, 11) is 0. The first kappa shape index (κ1) is 12.4. The highest BCUT2D eigenvalue weighted by atomic mass is 19.1. The molecule has 0 spiro atoms. The van der Waals surface area contributed by atoms with Gasteiger partial charge in [-0.15, -0.1) is 0 Å². The maximum absolute atomic E-state index is 12.7. The van der Waals surface area contributed by atoms with Gasteiger partial charge in [0, 0.05) is 5.92 Å². The van der Waals surface area contributed by atoms with Crippen molar-refractivity contribution in [3.05, 3.63) is 35.6 Å². The van der Waals surface area contributed by atoms with Crippen molar-refractivity contribution in [2.75, 3.05) is 0 Å². The molecule has 16 heavy (non-hydrogen) atoms. The van der Waals surface area contributed by atoms with Crippen LogP contribution in [0.15, 0.2) is 24.3 Å². The van der Waals surface area contributed by atoms with Gasteiger partial charge in [-0.05, 0) is 24.1 Å². The van der Waals surface area contributed by atoms with Gasteiger partial charge in [0.05, 0.1) is 6.07 Å². The summed E-state index contributed by atoms with van der Waals surface area (Å²) in [5, 5.41) is 9.00. The molecule has 0 aliphatic rings. The van der Waals surface area contributed by atoms with Crippen LogP contribution in [-0.4, -0.2) is 5.78 Å². The average Bonchev–Trinajstić information content (AvgIpc) is 2.31. The van der Waals surface area contributed by atoms with Crippen LogP contribution in [-0.2, 0) is 4.79 Å². The van der Waals surface area contributed by atoms with Crippen LogP contribution in [0.5, 0.6) is 0 Å². The quantitative estimate of drug-likeness (QED) is 0.780. The maximum atomic E-state index is 12.7. The summed E-state index contributed by atoms with van der Waals surface area (Å²) in [6.07, 6.45) is 0.707. The second-order valence-electron chi connectivity index (χ2n) is 3.83. The topological polar surface area (TPSA) is 40.9 Å². The van der Waals surface area contributed by atoms with Gasteiger partial charge in [0.25, 0.3) is 0 Å². The van der Waals surface area contributed by atoms with Crippen LogP contribution >= 0.6 is 0 Å². The van der Waals surface area contributed by atoms with Gasteiger partial charge in [-0.2, -0.15) is 5.26 Å². The third-order valence-corrected chi connectivity index (χ3v) is 2.72. The molecule has 0 fully saturated rings. The lowest BCUT2D eigenvalue weighted by Crippen LogP contribution is -2.18. The van der Waals surface area contributed by atoms with Crippen molar-refractivity contribution in [3.8, 4) is 6.07 Å². The van der Waals surface area contributed by atoms with Crippen molar-refractivity contribution in [1.29, 1.82) is 5.26 Å². The molecule has 1 rings (SSSR count). The van der Waals surface area contributed by atoms with Crippen LogP contribution in [0.1, 0.15) is 31.7 Å². The summed E-state index contributed by atoms with van der Waals surface area (Å²) in [6, 6.07) is 7.49. The smallest absolute Gasteiger partial charge is 0.157 e. The van der Waals surface area contributed by atoms with Crippen LogP contribution in [0.3, 0.4) is 0 Å². The highest BCUT2D eigenvalue weighted by Gasteiger charge is 2.24. The number of benzene rings is 1. The molecule has 2 atom stereocenters. The summed E-state index contributed by atoms with van der Waals surface area (Å²) in [5.41, 5.74) is 0.564. The van der Waals surface area contributed by atoms with Crippen molar-refractivity contribution in [2.45, 2.75) is 26.2 Å². The molecule has 0 bridgehead atoms. The van der Waals surface area contributed by atoms with Crippen molar-refractivity contribution in [2.24, 2.45) is 5.92 Å². The molecule has 3 heteroatoms. The minimum absolute atomic E-state index is 0.100. The van der Waals surface area contributed by atoms with E-state index in [0.29, 0.717) is 12.0 Å². The van der Waals surface area contributed by atoms with Gasteiger partial charge in [0.1, 0.15) is 11.7 Å². The van der Waals surface area contributed by atoms with Gasteiger partial charge >= 0.3 is 0 Å². The van der Waals surface area contributed by atoms with Crippen LogP contribution < -0.4 is 0 Å². The fraction of sp³-hybridized carbons (Fsp3) is 0.385. The second kappa shape index (κ2) is 5.41. The lowest BCUT2D eigenvalue weighted by atomic mass is 9.88. The molecular formula is C13H14FNO. The lowest BCUT2D eigenvalue weighted by molar-refractivity contribution is -0.122. The SMILES string of the molecule is CCC(C)C(=O)C(C#N)c1ccc(F)cc1. The van der Waals surface area contributed by atoms with E-state index in [0.717, 1.165) is 0 Å². The molecule has 2 nitrogen and oxygen atoms in total. The molecule has 1 aromatic carbocycles. The minimum Gasteiger partial charge on any atom is -0.298 e. The first-order valence-electron chi connectivity index (χ1n) is 5.29. The highest BCUT2D eigenvalue weighted by Crippen LogP contribution is 2.21. The zero-order valence-electron chi connectivity index (χ0n) is 9.40. The van der Waals surface area contributed by atoms with E-state index in [2.05, 4.69) is 0 Å². The molecule has 1 aromatic rings. The fourth-order valence-corrected chi connectivity index (χ4v) is 1.44. The monoisotopic (exact) mass is 219 g/mol. The number of ketones is 1.